The zero-order chi connectivity index (χ0) is 14.9. The van der Waals surface area contributed by atoms with Gasteiger partial charge in [-0.05, 0) is 54.1 Å². The number of pyridine rings is 1. The molecule has 0 aliphatic rings. The van der Waals surface area contributed by atoms with Crippen LogP contribution in [-0.2, 0) is 4.57 Å². The highest BCUT2D eigenvalue weighted by Gasteiger charge is 2.18. The number of hydrogen-bond acceptors (Lipinski definition) is 3. The Hall–Kier alpha value is -1.01. The highest BCUT2D eigenvalue weighted by Crippen LogP contribution is 2.38. The van der Waals surface area contributed by atoms with E-state index >= 15 is 0 Å². The van der Waals surface area contributed by atoms with E-state index in [-0.39, 0.29) is 9.26 Å². The second kappa shape index (κ2) is 5.77. The zero-order valence-corrected chi connectivity index (χ0v) is 13.9. The van der Waals surface area contributed by atoms with Gasteiger partial charge in [0.15, 0.2) is 11.6 Å². The first-order valence-corrected chi connectivity index (χ1v) is 9.39. The maximum Gasteiger partial charge on any atom is 0.183 e. The average Bonchev–Trinajstić information content (AvgIpc) is 2.39. The first-order chi connectivity index (χ1) is 9.30. The third kappa shape index (κ3) is 3.17. The van der Waals surface area contributed by atoms with E-state index in [9.17, 15) is 13.3 Å². The van der Waals surface area contributed by atoms with E-state index in [0.29, 0.717) is 11.0 Å². The van der Waals surface area contributed by atoms with Crippen molar-refractivity contribution in [3.8, 4) is 0 Å². The van der Waals surface area contributed by atoms with Crippen LogP contribution in [0.1, 0.15) is 0 Å². The molecule has 0 spiro atoms. The lowest BCUT2D eigenvalue weighted by molar-refractivity contribution is 0.507. The van der Waals surface area contributed by atoms with Crippen LogP contribution in [0.5, 0.6) is 0 Å². The molecule has 0 aliphatic carbocycles. The number of hydrogen-bond donors (Lipinski definition) is 1. The fourth-order valence-corrected chi connectivity index (χ4v) is 3.26. The Morgan fingerprint density at radius 1 is 1.15 bits per heavy atom. The fraction of sp³-hybridized carbons (Fsp3) is 0.154. The maximum absolute atomic E-state index is 13.8. The number of benzene rings is 1. The minimum Gasteiger partial charge on any atom is -0.351 e. The summed E-state index contributed by atoms with van der Waals surface area (Å²) in [6.45, 7) is 3.22. The SMILES string of the molecule is CP(C)(=O)c1ccncc1Nc1ccc(I)c(F)c1F. The topological polar surface area (TPSA) is 42.0 Å². The smallest absolute Gasteiger partial charge is 0.183 e. The summed E-state index contributed by atoms with van der Waals surface area (Å²) >= 11 is 1.72. The Morgan fingerprint density at radius 3 is 2.50 bits per heavy atom. The van der Waals surface area contributed by atoms with E-state index in [1.807, 2.05) is 0 Å². The first kappa shape index (κ1) is 15.4. The summed E-state index contributed by atoms with van der Waals surface area (Å²) in [5.41, 5.74) is 0.408. The molecule has 1 N–H and O–H groups in total. The second-order valence-corrected chi connectivity index (χ2v) is 8.94. The molecule has 0 unspecified atom stereocenters. The molecule has 2 aromatic rings. The van der Waals surface area contributed by atoms with Gasteiger partial charge in [-0.25, -0.2) is 8.78 Å². The number of aromatic nitrogens is 1. The van der Waals surface area contributed by atoms with E-state index < -0.39 is 18.8 Å². The van der Waals surface area contributed by atoms with Crippen LogP contribution in [0.3, 0.4) is 0 Å². The average molecular weight is 408 g/mol. The molecule has 0 atom stereocenters. The lowest BCUT2D eigenvalue weighted by Gasteiger charge is -2.15. The van der Waals surface area contributed by atoms with Crippen LogP contribution in [0.15, 0.2) is 30.6 Å². The van der Waals surface area contributed by atoms with Crippen molar-refractivity contribution >= 4 is 46.4 Å². The van der Waals surface area contributed by atoms with E-state index in [1.54, 1.807) is 42.0 Å². The summed E-state index contributed by atoms with van der Waals surface area (Å²) in [7, 11) is -2.55. The molecule has 1 aromatic heterocycles. The minimum absolute atomic E-state index is 0.00869. The highest BCUT2D eigenvalue weighted by molar-refractivity contribution is 14.1. The van der Waals surface area contributed by atoms with Gasteiger partial charge in [0, 0.05) is 11.5 Å². The summed E-state index contributed by atoms with van der Waals surface area (Å²) in [5, 5.41) is 3.31. The molecule has 2 rings (SSSR count). The van der Waals surface area contributed by atoms with Crippen molar-refractivity contribution in [3.05, 3.63) is 45.8 Å². The first-order valence-electron chi connectivity index (χ1n) is 5.71. The molecule has 106 valence electrons. The van der Waals surface area contributed by atoms with Crippen LogP contribution in [0.2, 0.25) is 0 Å². The van der Waals surface area contributed by atoms with E-state index in [2.05, 4.69) is 10.3 Å². The van der Waals surface area contributed by atoms with Gasteiger partial charge in [-0.2, -0.15) is 0 Å². The monoisotopic (exact) mass is 408 g/mol. The Kier molecular flexibility index (Phi) is 4.44. The number of anilines is 2. The van der Waals surface area contributed by atoms with Crippen molar-refractivity contribution in [2.24, 2.45) is 0 Å². The zero-order valence-electron chi connectivity index (χ0n) is 10.8. The van der Waals surface area contributed by atoms with Gasteiger partial charge >= 0.3 is 0 Å². The Morgan fingerprint density at radius 2 is 1.85 bits per heavy atom. The van der Waals surface area contributed by atoms with Crippen molar-refractivity contribution in [1.29, 1.82) is 0 Å². The molecule has 20 heavy (non-hydrogen) atoms. The van der Waals surface area contributed by atoms with Gasteiger partial charge in [0.25, 0.3) is 0 Å². The van der Waals surface area contributed by atoms with E-state index in [0.717, 1.165) is 0 Å². The molecule has 0 saturated heterocycles. The molecular weight excluding hydrogens is 396 g/mol. The van der Waals surface area contributed by atoms with Crippen LogP contribution >= 0.6 is 29.7 Å². The number of nitrogens with zero attached hydrogens (tertiary/aromatic N) is 1. The molecular formula is C13H12F2IN2OP. The van der Waals surface area contributed by atoms with Crippen molar-refractivity contribution in [1.82, 2.24) is 4.98 Å². The highest BCUT2D eigenvalue weighted by atomic mass is 127. The summed E-state index contributed by atoms with van der Waals surface area (Å²) in [6, 6.07) is 4.52. The van der Waals surface area contributed by atoms with Crippen molar-refractivity contribution in [3.63, 3.8) is 0 Å². The van der Waals surface area contributed by atoms with Gasteiger partial charge < -0.3 is 9.88 Å². The third-order valence-electron chi connectivity index (χ3n) is 2.68. The Labute approximate surface area is 129 Å². The molecule has 3 nitrogen and oxygen atoms in total. The Bertz CT molecular complexity index is 703. The van der Waals surface area contributed by atoms with Crippen LogP contribution in [0, 0.1) is 15.2 Å². The molecule has 7 heteroatoms. The molecule has 1 aromatic carbocycles. The van der Waals surface area contributed by atoms with Gasteiger partial charge in [-0.15, -0.1) is 0 Å². The van der Waals surface area contributed by atoms with Crippen LogP contribution < -0.4 is 10.6 Å². The van der Waals surface area contributed by atoms with Crippen LogP contribution in [0.4, 0.5) is 20.2 Å². The van der Waals surface area contributed by atoms with Crippen molar-refractivity contribution < 1.29 is 13.3 Å². The lowest BCUT2D eigenvalue weighted by atomic mass is 10.3. The molecule has 1 heterocycles. The summed E-state index contributed by atoms with van der Waals surface area (Å²) < 4.78 is 39.8. The fourth-order valence-electron chi connectivity index (χ4n) is 1.72. The van der Waals surface area contributed by atoms with Crippen LogP contribution in [-0.4, -0.2) is 18.3 Å². The Balaban J connectivity index is 2.47. The number of halogens is 3. The van der Waals surface area contributed by atoms with Gasteiger partial charge in [-0.3, -0.25) is 4.98 Å². The summed E-state index contributed by atoms with van der Waals surface area (Å²) in [4.78, 5) is 3.92. The number of nitrogens with one attached hydrogen (secondary N) is 1. The van der Waals surface area contributed by atoms with E-state index in [4.69, 9.17) is 0 Å². The minimum atomic E-state index is -2.55. The largest absolute Gasteiger partial charge is 0.351 e. The third-order valence-corrected chi connectivity index (χ3v) is 5.07. The lowest BCUT2D eigenvalue weighted by Crippen LogP contribution is -2.11. The van der Waals surface area contributed by atoms with Crippen molar-refractivity contribution in [2.45, 2.75) is 0 Å². The predicted octanol–water partition coefficient (Wildman–Crippen LogP) is 3.96. The summed E-state index contributed by atoms with van der Waals surface area (Å²) in [5.74, 6) is -1.87. The van der Waals surface area contributed by atoms with E-state index in [1.165, 1.54) is 24.5 Å². The van der Waals surface area contributed by atoms with Gasteiger partial charge in [0.1, 0.15) is 7.14 Å². The predicted molar refractivity (Wildman–Crippen MR) is 85.7 cm³/mol. The second-order valence-electron chi connectivity index (χ2n) is 4.59. The molecule has 0 aliphatic heterocycles. The van der Waals surface area contributed by atoms with Crippen molar-refractivity contribution in [2.75, 3.05) is 18.6 Å². The molecule has 0 fully saturated rings. The maximum atomic E-state index is 13.8. The van der Waals surface area contributed by atoms with Gasteiger partial charge in [0.05, 0.1) is 21.1 Å². The standard InChI is InChI=1S/C13H12F2IN2OP/c1-20(2,19)11-5-6-17-7-10(11)18-9-4-3-8(16)12(14)13(9)15/h3-7,18H,1-2H3. The normalized spacial score (nSPS) is 11.4. The molecule has 0 radical (unpaired) electrons. The quantitative estimate of drug-likeness (QED) is 0.475. The van der Waals surface area contributed by atoms with Gasteiger partial charge in [-0.1, -0.05) is 0 Å². The molecule has 0 bridgehead atoms. The molecule has 0 amide bonds. The molecule has 0 saturated carbocycles. The number of rotatable bonds is 3. The summed E-state index contributed by atoms with van der Waals surface area (Å²) in [6.07, 6.45) is 2.97. The van der Waals surface area contributed by atoms with Gasteiger partial charge in [0.2, 0.25) is 0 Å². The van der Waals surface area contributed by atoms with Crippen LogP contribution in [0.25, 0.3) is 0 Å².